The normalized spacial score (nSPS) is 11.6. The van der Waals surface area contributed by atoms with E-state index in [1.807, 2.05) is 18.3 Å². The minimum atomic E-state index is -0.209. The molecule has 0 aliphatic carbocycles. The molecule has 0 fully saturated rings. The first kappa shape index (κ1) is 19.0. The first-order valence-corrected chi connectivity index (χ1v) is 11.1. The molecular weight excluding hydrogens is 389 g/mol. The van der Waals surface area contributed by atoms with Gasteiger partial charge in [-0.1, -0.05) is 50.2 Å². The van der Waals surface area contributed by atoms with Crippen molar-refractivity contribution < 1.29 is 4.39 Å². The van der Waals surface area contributed by atoms with E-state index in [0.29, 0.717) is 5.92 Å². The standard InChI is InChI=1S/C27H22FNS/c1-17(2)14-18-12-13-29-25(15-18)20-8-11-26-24(16-20)23-5-3-4-22(27(23)30-26)19-6-9-21(28)10-7-19/h3-13,15-17H,14H2,1-2H3. The maximum absolute atomic E-state index is 13.4. The summed E-state index contributed by atoms with van der Waals surface area (Å²) in [4.78, 5) is 4.63. The van der Waals surface area contributed by atoms with Crippen molar-refractivity contribution in [3.63, 3.8) is 0 Å². The van der Waals surface area contributed by atoms with Crippen molar-refractivity contribution in [1.29, 1.82) is 0 Å². The van der Waals surface area contributed by atoms with Gasteiger partial charge < -0.3 is 0 Å². The summed E-state index contributed by atoms with van der Waals surface area (Å²) in [5, 5.41) is 2.48. The average molecular weight is 412 g/mol. The van der Waals surface area contributed by atoms with Crippen LogP contribution in [0.15, 0.2) is 79.0 Å². The molecule has 0 aliphatic rings. The number of rotatable bonds is 4. The van der Waals surface area contributed by atoms with Gasteiger partial charge >= 0.3 is 0 Å². The summed E-state index contributed by atoms with van der Waals surface area (Å²) in [5.41, 5.74) is 5.66. The minimum absolute atomic E-state index is 0.209. The summed E-state index contributed by atoms with van der Waals surface area (Å²) in [5.74, 6) is 0.410. The Hall–Kier alpha value is -3.04. The lowest BCUT2D eigenvalue weighted by atomic mass is 10.00. The van der Waals surface area contributed by atoms with Crippen molar-refractivity contribution in [2.45, 2.75) is 20.3 Å². The highest BCUT2D eigenvalue weighted by molar-refractivity contribution is 7.26. The Morgan fingerprint density at radius 1 is 0.867 bits per heavy atom. The molecule has 5 aromatic rings. The third-order valence-electron chi connectivity index (χ3n) is 5.42. The largest absolute Gasteiger partial charge is 0.256 e. The summed E-state index contributed by atoms with van der Waals surface area (Å²) in [6.07, 6.45) is 2.97. The third kappa shape index (κ3) is 3.50. The molecule has 0 atom stereocenters. The lowest BCUT2D eigenvalue weighted by Crippen LogP contribution is -1.95. The number of thiophene rings is 1. The number of hydrogen-bond acceptors (Lipinski definition) is 2. The van der Waals surface area contributed by atoms with Crippen LogP contribution in [0.1, 0.15) is 19.4 Å². The van der Waals surface area contributed by atoms with Gasteiger partial charge in [0.25, 0.3) is 0 Å². The predicted octanol–water partition coefficient (Wildman–Crippen LogP) is 8.12. The van der Waals surface area contributed by atoms with E-state index in [0.717, 1.165) is 28.8 Å². The maximum Gasteiger partial charge on any atom is 0.123 e. The van der Waals surface area contributed by atoms with Crippen LogP contribution in [-0.4, -0.2) is 4.98 Å². The summed E-state index contributed by atoms with van der Waals surface area (Å²) >= 11 is 1.79. The van der Waals surface area contributed by atoms with Gasteiger partial charge in [-0.25, -0.2) is 4.39 Å². The van der Waals surface area contributed by atoms with E-state index in [2.05, 4.69) is 67.4 Å². The smallest absolute Gasteiger partial charge is 0.123 e. The van der Waals surface area contributed by atoms with Crippen molar-refractivity contribution in [3.05, 3.63) is 90.4 Å². The highest BCUT2D eigenvalue weighted by atomic mass is 32.1. The third-order valence-corrected chi connectivity index (χ3v) is 6.64. The van der Waals surface area contributed by atoms with E-state index in [9.17, 15) is 4.39 Å². The molecule has 5 rings (SSSR count). The van der Waals surface area contributed by atoms with Crippen LogP contribution >= 0.6 is 11.3 Å². The van der Waals surface area contributed by atoms with Gasteiger partial charge in [-0.05, 0) is 65.4 Å². The topological polar surface area (TPSA) is 12.9 Å². The van der Waals surface area contributed by atoms with Crippen LogP contribution in [0.3, 0.4) is 0 Å². The zero-order valence-electron chi connectivity index (χ0n) is 17.0. The summed E-state index contributed by atoms with van der Waals surface area (Å²) < 4.78 is 15.9. The predicted molar refractivity (Wildman–Crippen MR) is 126 cm³/mol. The van der Waals surface area contributed by atoms with Crippen LogP contribution in [0.4, 0.5) is 4.39 Å². The number of aromatic nitrogens is 1. The molecule has 148 valence electrons. The van der Waals surface area contributed by atoms with Gasteiger partial charge in [-0.2, -0.15) is 0 Å². The van der Waals surface area contributed by atoms with Crippen molar-refractivity contribution in [3.8, 4) is 22.4 Å². The number of halogens is 1. The number of hydrogen-bond donors (Lipinski definition) is 0. The van der Waals surface area contributed by atoms with Gasteiger partial charge in [-0.15, -0.1) is 11.3 Å². The van der Waals surface area contributed by atoms with Crippen LogP contribution in [0, 0.1) is 11.7 Å². The SMILES string of the molecule is CC(C)Cc1ccnc(-c2ccc3sc4c(-c5ccc(F)cc5)cccc4c3c2)c1. The Balaban J connectivity index is 1.64. The molecule has 0 radical (unpaired) electrons. The number of pyridine rings is 1. The van der Waals surface area contributed by atoms with Crippen molar-refractivity contribution in [2.75, 3.05) is 0 Å². The summed E-state index contributed by atoms with van der Waals surface area (Å²) in [6, 6.07) is 24.1. The second-order valence-corrected chi connectivity index (χ2v) is 9.20. The molecule has 0 N–H and O–H groups in total. The van der Waals surface area contributed by atoms with Gasteiger partial charge in [0.05, 0.1) is 5.69 Å². The highest BCUT2D eigenvalue weighted by Gasteiger charge is 2.12. The van der Waals surface area contributed by atoms with E-state index in [1.165, 1.54) is 37.9 Å². The number of benzene rings is 3. The van der Waals surface area contributed by atoms with Crippen molar-refractivity contribution in [2.24, 2.45) is 5.92 Å². The van der Waals surface area contributed by atoms with Crippen molar-refractivity contribution >= 4 is 31.5 Å². The van der Waals surface area contributed by atoms with Crippen molar-refractivity contribution in [1.82, 2.24) is 4.98 Å². The molecule has 3 aromatic carbocycles. The average Bonchev–Trinajstić information content (AvgIpc) is 3.12. The molecule has 0 spiro atoms. The monoisotopic (exact) mass is 411 g/mol. The second kappa shape index (κ2) is 7.66. The first-order chi connectivity index (χ1) is 14.6. The molecule has 0 bridgehead atoms. The fraction of sp³-hybridized carbons (Fsp3) is 0.148. The van der Waals surface area contributed by atoms with Crippen LogP contribution < -0.4 is 0 Å². The molecule has 1 nitrogen and oxygen atoms in total. The number of fused-ring (bicyclic) bond motifs is 3. The molecule has 2 aromatic heterocycles. The van der Waals surface area contributed by atoms with E-state index >= 15 is 0 Å². The highest BCUT2D eigenvalue weighted by Crippen LogP contribution is 2.41. The van der Waals surface area contributed by atoms with Crippen LogP contribution in [0.5, 0.6) is 0 Å². The Bertz CT molecular complexity index is 1350. The second-order valence-electron chi connectivity index (χ2n) is 8.15. The number of nitrogens with zero attached hydrogens (tertiary/aromatic N) is 1. The molecule has 0 unspecified atom stereocenters. The lowest BCUT2D eigenvalue weighted by Gasteiger charge is -2.07. The van der Waals surface area contributed by atoms with Gasteiger partial charge in [0, 0.05) is 31.9 Å². The molecule has 0 amide bonds. The van der Waals surface area contributed by atoms with Crippen LogP contribution in [-0.2, 0) is 6.42 Å². The molecule has 3 heteroatoms. The van der Waals surface area contributed by atoms with E-state index < -0.39 is 0 Å². The van der Waals surface area contributed by atoms with Crippen LogP contribution in [0.25, 0.3) is 42.6 Å². The Morgan fingerprint density at radius 2 is 1.67 bits per heavy atom. The first-order valence-electron chi connectivity index (χ1n) is 10.2. The summed E-state index contributed by atoms with van der Waals surface area (Å²) in [7, 11) is 0. The molecule has 30 heavy (non-hydrogen) atoms. The lowest BCUT2D eigenvalue weighted by molar-refractivity contribution is 0.628. The van der Waals surface area contributed by atoms with Gasteiger partial charge in [-0.3, -0.25) is 4.98 Å². The Kier molecular flexibility index (Phi) is 4.84. The van der Waals surface area contributed by atoms with E-state index in [-0.39, 0.29) is 5.82 Å². The summed E-state index contributed by atoms with van der Waals surface area (Å²) in [6.45, 7) is 4.48. The fourth-order valence-electron chi connectivity index (χ4n) is 4.05. The molecule has 0 saturated carbocycles. The van der Waals surface area contributed by atoms with Gasteiger partial charge in [0.1, 0.15) is 5.82 Å². The Morgan fingerprint density at radius 3 is 2.47 bits per heavy atom. The zero-order valence-corrected chi connectivity index (χ0v) is 17.8. The molecule has 0 aliphatic heterocycles. The van der Waals surface area contributed by atoms with Gasteiger partial charge in [0.15, 0.2) is 0 Å². The maximum atomic E-state index is 13.4. The van der Waals surface area contributed by atoms with E-state index in [4.69, 9.17) is 0 Å². The Labute approximate surface area is 179 Å². The quantitative estimate of drug-likeness (QED) is 0.291. The van der Waals surface area contributed by atoms with Gasteiger partial charge in [0.2, 0.25) is 0 Å². The van der Waals surface area contributed by atoms with E-state index in [1.54, 1.807) is 11.3 Å². The minimum Gasteiger partial charge on any atom is -0.256 e. The molecular formula is C27H22FNS. The molecule has 2 heterocycles. The zero-order chi connectivity index (χ0) is 20.7. The van der Waals surface area contributed by atoms with Crippen LogP contribution in [0.2, 0.25) is 0 Å². The fourth-order valence-corrected chi connectivity index (χ4v) is 5.26. The molecule has 0 saturated heterocycles.